The van der Waals surface area contributed by atoms with E-state index in [4.69, 9.17) is 10.5 Å². The molecule has 14 heteroatoms. The zero-order valence-corrected chi connectivity index (χ0v) is 25.3. The Morgan fingerprint density at radius 1 is 1.04 bits per heavy atom. The van der Waals surface area contributed by atoms with Gasteiger partial charge < -0.3 is 46.4 Å². The first-order chi connectivity index (χ1) is 21.1. The van der Waals surface area contributed by atoms with Crippen LogP contribution in [-0.4, -0.2) is 95.8 Å². The molecule has 0 aromatic heterocycles. The number of fused-ring (bicyclic) bond motifs is 3. The van der Waals surface area contributed by atoms with E-state index >= 15 is 0 Å². The monoisotopic (exact) mass is 621 g/mol. The third kappa shape index (κ3) is 4.82. The number of nitrogens with two attached hydrogens (primary N) is 1. The number of allylic oxidation sites excluding steroid dienone is 1. The SMILES string of the molecule is COc1ccc(NC(=O)Nc2cc(N(C)C)c3c(c2O)C(=O)C2=C(O)[C@]4(O)C(=O)C(C(N)=O)=C(O)C(N(C)C)[C@H]4C[C@@H]2C3)cc1. The van der Waals surface area contributed by atoms with Gasteiger partial charge in [0.05, 0.1) is 24.4 Å². The Morgan fingerprint density at radius 3 is 2.24 bits per heavy atom. The lowest BCUT2D eigenvalue weighted by atomic mass is 9.58. The Morgan fingerprint density at radius 2 is 1.69 bits per heavy atom. The van der Waals surface area contributed by atoms with E-state index in [0.717, 1.165) is 0 Å². The number of urea groups is 1. The summed E-state index contributed by atoms with van der Waals surface area (Å²) < 4.78 is 5.12. The molecule has 3 aliphatic carbocycles. The van der Waals surface area contributed by atoms with Crippen LogP contribution < -0.4 is 26.0 Å². The number of ketones is 2. The molecule has 0 bridgehead atoms. The number of aromatic hydroxyl groups is 1. The molecule has 0 spiro atoms. The first-order valence-electron chi connectivity index (χ1n) is 14.1. The van der Waals surface area contributed by atoms with Crippen molar-refractivity contribution in [2.24, 2.45) is 17.6 Å². The summed E-state index contributed by atoms with van der Waals surface area (Å²) in [5.74, 6) is -6.94. The van der Waals surface area contributed by atoms with E-state index in [-0.39, 0.29) is 29.7 Å². The normalized spacial score (nSPS) is 24.1. The Labute approximate surface area is 258 Å². The number of rotatable bonds is 6. The fourth-order valence-corrected chi connectivity index (χ4v) is 6.75. The molecule has 1 unspecified atom stereocenters. The van der Waals surface area contributed by atoms with E-state index in [1.54, 1.807) is 57.4 Å². The van der Waals surface area contributed by atoms with Gasteiger partial charge >= 0.3 is 6.03 Å². The van der Waals surface area contributed by atoms with Crippen LogP contribution in [0, 0.1) is 11.8 Å². The van der Waals surface area contributed by atoms with Crippen molar-refractivity contribution >= 4 is 40.6 Å². The van der Waals surface area contributed by atoms with Gasteiger partial charge in [0, 0.05) is 37.0 Å². The number of phenols is 1. The van der Waals surface area contributed by atoms with Crippen molar-refractivity contribution < 1.29 is 44.3 Å². The highest BCUT2D eigenvalue weighted by atomic mass is 16.5. The number of nitrogens with zero attached hydrogens (tertiary/aromatic N) is 2. The number of aliphatic hydroxyl groups excluding tert-OH is 2. The molecule has 2 aromatic carbocycles. The summed E-state index contributed by atoms with van der Waals surface area (Å²) in [5, 5.41) is 50.8. The Balaban J connectivity index is 1.60. The van der Waals surface area contributed by atoms with Crippen LogP contribution in [0.3, 0.4) is 0 Å². The number of likely N-dealkylation sites (N-methyl/N-ethyl adjacent to an activating group) is 1. The van der Waals surface area contributed by atoms with Crippen LogP contribution in [0.15, 0.2) is 53.0 Å². The summed E-state index contributed by atoms with van der Waals surface area (Å²) in [5.41, 5.74) is 2.49. The summed E-state index contributed by atoms with van der Waals surface area (Å²) in [6, 6.07) is 6.23. The minimum Gasteiger partial charge on any atom is -0.510 e. The number of hydrogen-bond acceptors (Lipinski definition) is 11. The van der Waals surface area contributed by atoms with Gasteiger partial charge in [0.25, 0.3) is 5.91 Å². The molecule has 3 aliphatic rings. The van der Waals surface area contributed by atoms with Crippen molar-refractivity contribution in [1.29, 1.82) is 0 Å². The number of hydrogen-bond donors (Lipinski definition) is 7. The van der Waals surface area contributed by atoms with E-state index in [1.807, 2.05) is 0 Å². The average molecular weight is 622 g/mol. The Kier molecular flexibility index (Phi) is 7.75. The van der Waals surface area contributed by atoms with Crippen LogP contribution >= 0.6 is 0 Å². The molecular weight excluding hydrogens is 586 g/mol. The molecule has 8 N–H and O–H groups in total. The van der Waals surface area contributed by atoms with Gasteiger partial charge in [-0.05, 0) is 68.8 Å². The fourth-order valence-electron chi connectivity index (χ4n) is 6.75. The second-order valence-corrected chi connectivity index (χ2v) is 11.8. The zero-order chi connectivity index (χ0) is 33.1. The predicted molar refractivity (Wildman–Crippen MR) is 164 cm³/mol. The van der Waals surface area contributed by atoms with Crippen LogP contribution in [-0.2, 0) is 16.0 Å². The number of methoxy groups -OCH3 is 1. The minimum atomic E-state index is -2.75. The molecule has 45 heavy (non-hydrogen) atoms. The lowest BCUT2D eigenvalue weighted by molar-refractivity contribution is -0.148. The molecule has 14 nitrogen and oxygen atoms in total. The molecule has 0 aliphatic heterocycles. The van der Waals surface area contributed by atoms with Crippen molar-refractivity contribution in [2.45, 2.75) is 24.5 Å². The first kappa shape index (κ1) is 31.3. The summed E-state index contributed by atoms with van der Waals surface area (Å²) in [7, 11) is 8.08. The average Bonchev–Trinajstić information content (AvgIpc) is 2.96. The maximum atomic E-state index is 14.1. The second-order valence-electron chi connectivity index (χ2n) is 11.8. The van der Waals surface area contributed by atoms with Crippen LogP contribution in [0.2, 0.25) is 0 Å². The number of amides is 3. The number of phenolic OH excluding ortho intramolecular Hbond substituents is 1. The van der Waals surface area contributed by atoms with Gasteiger partial charge in [-0.2, -0.15) is 0 Å². The van der Waals surface area contributed by atoms with Crippen molar-refractivity contribution in [3.63, 3.8) is 0 Å². The van der Waals surface area contributed by atoms with E-state index in [0.29, 0.717) is 22.7 Å². The highest BCUT2D eigenvalue weighted by Gasteiger charge is 2.63. The number of Topliss-reactive ketones (excluding diaryl/α,β-unsaturated/α-hetero) is 2. The third-order valence-corrected chi connectivity index (χ3v) is 8.78. The van der Waals surface area contributed by atoms with E-state index in [1.165, 1.54) is 18.1 Å². The Hall–Kier alpha value is -5.08. The van der Waals surface area contributed by atoms with Gasteiger partial charge in [0.1, 0.15) is 22.8 Å². The third-order valence-electron chi connectivity index (χ3n) is 8.78. The maximum absolute atomic E-state index is 14.1. The van der Waals surface area contributed by atoms with E-state index in [9.17, 15) is 39.6 Å². The zero-order valence-electron chi connectivity index (χ0n) is 25.3. The largest absolute Gasteiger partial charge is 0.510 e. The highest BCUT2D eigenvalue weighted by Crippen LogP contribution is 2.54. The quantitative estimate of drug-likeness (QED) is 0.182. The number of carbonyl (C=O) groups is 4. The van der Waals surface area contributed by atoms with Crippen LogP contribution in [0.1, 0.15) is 22.3 Å². The summed E-state index contributed by atoms with van der Waals surface area (Å²) >= 11 is 0. The highest BCUT2D eigenvalue weighted by molar-refractivity contribution is 6.25. The predicted octanol–water partition coefficient (Wildman–Crippen LogP) is 1.84. The van der Waals surface area contributed by atoms with Crippen molar-refractivity contribution in [1.82, 2.24) is 4.90 Å². The van der Waals surface area contributed by atoms with Crippen LogP contribution in [0.4, 0.5) is 21.9 Å². The molecule has 4 atom stereocenters. The lowest BCUT2D eigenvalue weighted by Gasteiger charge is -2.50. The summed E-state index contributed by atoms with van der Waals surface area (Å²) in [4.78, 5) is 55.9. The molecular formula is C31H35N5O9. The van der Waals surface area contributed by atoms with Gasteiger partial charge in [-0.25, -0.2) is 4.79 Å². The summed E-state index contributed by atoms with van der Waals surface area (Å²) in [6.45, 7) is 0. The number of benzene rings is 2. The fraction of sp³-hybridized carbons (Fsp3) is 0.355. The number of primary amides is 1. The maximum Gasteiger partial charge on any atom is 0.323 e. The van der Waals surface area contributed by atoms with Gasteiger partial charge in [0.2, 0.25) is 5.78 Å². The molecule has 238 valence electrons. The Bertz CT molecular complexity index is 1700. The molecule has 0 fully saturated rings. The number of carbonyl (C=O) groups excluding carboxylic acids is 4. The van der Waals surface area contributed by atoms with Crippen molar-refractivity contribution in [3.05, 3.63) is 64.1 Å². The second kappa shape index (κ2) is 11.1. The molecule has 0 saturated carbocycles. The minimum absolute atomic E-state index is 0.0380. The smallest absolute Gasteiger partial charge is 0.323 e. The van der Waals surface area contributed by atoms with E-state index in [2.05, 4.69) is 10.6 Å². The van der Waals surface area contributed by atoms with Crippen LogP contribution in [0.5, 0.6) is 11.5 Å². The molecule has 0 saturated heterocycles. The van der Waals surface area contributed by atoms with Crippen LogP contribution in [0.25, 0.3) is 0 Å². The molecule has 0 heterocycles. The first-order valence-corrected chi connectivity index (χ1v) is 14.1. The number of nitrogens with one attached hydrogen (secondary N) is 2. The lowest BCUT2D eigenvalue weighted by Crippen LogP contribution is -2.63. The van der Waals surface area contributed by atoms with Crippen molar-refractivity contribution in [2.75, 3.05) is 50.8 Å². The van der Waals surface area contributed by atoms with Gasteiger partial charge in [-0.1, -0.05) is 0 Å². The standard InChI is InChI=1S/C31H35N5O9/c1-35(2)19-12-18(34-30(43)33-14-6-8-15(45-5)9-7-14)24(37)21-16(19)10-13-11-17-23(36(3)4)26(39)22(29(32)42)28(41)31(17,44)27(40)20(13)25(21)38/h6-9,12-13,17,23,37,39-40,44H,10-11H2,1-5H3,(H2,32,42)(H2,33,34,43)/t13-,17+,23?,31-/m0/s1. The summed E-state index contributed by atoms with van der Waals surface area (Å²) in [6.07, 6.45) is 0.0671. The molecule has 0 radical (unpaired) electrons. The topological polar surface area (TPSA) is 215 Å². The molecule has 3 amide bonds. The molecule has 2 aromatic rings. The van der Waals surface area contributed by atoms with E-state index < -0.39 is 69.8 Å². The van der Waals surface area contributed by atoms with Gasteiger partial charge in [0.15, 0.2) is 17.1 Å². The van der Waals surface area contributed by atoms with Crippen molar-refractivity contribution in [3.8, 4) is 11.5 Å². The number of aliphatic hydroxyl groups is 3. The molecule has 5 rings (SSSR count). The van der Waals surface area contributed by atoms with Gasteiger partial charge in [-0.3, -0.25) is 19.3 Å². The van der Waals surface area contributed by atoms with Gasteiger partial charge in [-0.15, -0.1) is 0 Å². The number of ether oxygens (including phenoxy) is 1. The number of anilines is 3.